The number of nitrogen functional groups attached to an aromatic ring is 2. The van der Waals surface area contributed by atoms with Gasteiger partial charge in [0, 0.05) is 19.3 Å². The molecule has 4 aliphatic heterocycles. The summed E-state index contributed by atoms with van der Waals surface area (Å²) in [6.07, 6.45) is -9.91. The average molecular weight is 1110 g/mol. The third kappa shape index (κ3) is 13.8. The van der Waals surface area contributed by atoms with Crippen LogP contribution in [0, 0.1) is 0 Å². The lowest BCUT2D eigenvalue weighted by atomic mass is 10.1. The van der Waals surface area contributed by atoms with E-state index in [2.05, 4.69) is 35.2 Å². The number of phosphoric ester groups is 2. The fourth-order valence-electron chi connectivity index (χ4n) is 7.94. The van der Waals surface area contributed by atoms with E-state index in [1.54, 1.807) is 0 Å². The lowest BCUT2D eigenvalue weighted by Crippen LogP contribution is -2.48. The summed E-state index contributed by atoms with van der Waals surface area (Å²) in [5.74, 6) is -3.25. The number of hydrogen-bond donors (Lipinski definition) is 8. The zero-order valence-corrected chi connectivity index (χ0v) is 41.1. The first-order chi connectivity index (χ1) is 35.9. The van der Waals surface area contributed by atoms with Gasteiger partial charge in [-0.25, -0.2) is 23.9 Å². The van der Waals surface area contributed by atoms with E-state index in [1.807, 2.05) is 0 Å². The quantitative estimate of drug-likeness (QED) is 0.0215. The summed E-state index contributed by atoms with van der Waals surface area (Å²) >= 11 is 0. The molecular formula is C38H52N12O23P2. The highest BCUT2D eigenvalue weighted by molar-refractivity contribution is 7.47. The first-order valence-electron chi connectivity index (χ1n) is 22.9. The molecule has 4 saturated heterocycles. The van der Waals surface area contributed by atoms with Gasteiger partial charge in [0.25, 0.3) is 22.9 Å². The van der Waals surface area contributed by atoms with E-state index in [0.29, 0.717) is 5.06 Å². The maximum absolute atomic E-state index is 13.8. The van der Waals surface area contributed by atoms with Crippen molar-refractivity contribution in [2.24, 2.45) is 0 Å². The topological polar surface area (TPSA) is 468 Å². The van der Waals surface area contributed by atoms with E-state index in [9.17, 15) is 52.8 Å². The van der Waals surface area contributed by atoms with Crippen LogP contribution in [0.3, 0.4) is 0 Å². The zero-order chi connectivity index (χ0) is 53.4. The van der Waals surface area contributed by atoms with Crippen LogP contribution in [0.4, 0.5) is 11.9 Å². The molecule has 0 aliphatic carbocycles. The molecule has 4 aromatic heterocycles. The number of imide groups is 1. The lowest BCUT2D eigenvalue weighted by molar-refractivity contribution is -0.198. The first kappa shape index (κ1) is 55.5. The molecule has 8 rings (SSSR count). The predicted octanol–water partition coefficient (Wildman–Crippen LogP) is -3.45. The van der Waals surface area contributed by atoms with Crippen LogP contribution in [-0.2, 0) is 84.4 Å². The van der Waals surface area contributed by atoms with Gasteiger partial charge in [0.2, 0.25) is 17.8 Å². The summed E-state index contributed by atoms with van der Waals surface area (Å²) in [6, 6.07) is -1.50. The molecular weight excluding hydrogens is 1050 g/mol. The highest BCUT2D eigenvalue weighted by Crippen LogP contribution is 2.53. The van der Waals surface area contributed by atoms with Crippen LogP contribution >= 0.6 is 15.6 Å². The van der Waals surface area contributed by atoms with Gasteiger partial charge < -0.3 is 69.7 Å². The Morgan fingerprint density at radius 1 is 0.680 bits per heavy atom. The second-order valence-corrected chi connectivity index (χ2v) is 19.4. The number of H-pyrrole nitrogens is 2. The number of amides is 3. The summed E-state index contributed by atoms with van der Waals surface area (Å²) in [4.78, 5) is 121. The Morgan fingerprint density at radius 3 is 1.64 bits per heavy atom. The smallest absolute Gasteiger partial charge is 0.386 e. The summed E-state index contributed by atoms with van der Waals surface area (Å²) in [7, 11) is -10.5. The number of hydroxylamine groups is 2. The van der Waals surface area contributed by atoms with Gasteiger partial charge in [-0.15, -0.1) is 5.06 Å². The number of ether oxygens (including phenoxy) is 7. The van der Waals surface area contributed by atoms with E-state index in [4.69, 9.17) is 67.6 Å². The molecule has 37 heteroatoms. The van der Waals surface area contributed by atoms with Crippen molar-refractivity contribution in [1.29, 1.82) is 0 Å². The first-order valence-corrected chi connectivity index (χ1v) is 25.9. The number of aliphatic hydroxyl groups is 1. The minimum Gasteiger partial charge on any atom is -0.386 e. The van der Waals surface area contributed by atoms with Crippen LogP contribution in [-0.4, -0.2) is 199 Å². The van der Waals surface area contributed by atoms with E-state index < -0.39 is 113 Å². The molecule has 35 nitrogen and oxygen atoms in total. The third-order valence-electron chi connectivity index (χ3n) is 11.4. The van der Waals surface area contributed by atoms with Crippen molar-refractivity contribution in [2.45, 2.75) is 74.7 Å². The molecule has 3 amide bonds. The summed E-state index contributed by atoms with van der Waals surface area (Å²) in [6.45, 7) is -0.501. The zero-order valence-electron chi connectivity index (χ0n) is 39.3. The number of hydrogen-bond acceptors (Lipinski definition) is 27. The van der Waals surface area contributed by atoms with Crippen LogP contribution in [0.5, 0.6) is 0 Å². The Morgan fingerprint density at radius 2 is 1.12 bits per heavy atom. The Hall–Kier alpha value is -5.72. The van der Waals surface area contributed by atoms with Crippen molar-refractivity contribution >= 4 is 73.6 Å². The molecule has 0 spiro atoms. The molecule has 10 N–H and O–H groups in total. The molecule has 0 bridgehead atoms. The van der Waals surface area contributed by atoms with E-state index >= 15 is 0 Å². The normalized spacial score (nSPS) is 28.3. The summed E-state index contributed by atoms with van der Waals surface area (Å²) < 4.78 is 90.5. The van der Waals surface area contributed by atoms with Crippen LogP contribution in [0.2, 0.25) is 0 Å². The van der Waals surface area contributed by atoms with E-state index in [1.165, 1.54) is 4.57 Å². The fraction of sp³-hybridized carbons (Fsp3) is 0.632. The number of imidazole rings is 2. The van der Waals surface area contributed by atoms with E-state index in [-0.39, 0.29) is 126 Å². The number of aromatic amines is 2. The average Bonchev–Trinajstić information content (AvgIpc) is 4.19. The maximum atomic E-state index is 13.8. The van der Waals surface area contributed by atoms with Gasteiger partial charge in [0.15, 0.2) is 34.8 Å². The molecule has 75 heavy (non-hydrogen) atoms. The van der Waals surface area contributed by atoms with Gasteiger partial charge in [-0.05, 0) is 0 Å². The Bertz CT molecular complexity index is 2900. The molecule has 8 heterocycles. The van der Waals surface area contributed by atoms with Gasteiger partial charge in [-0.2, -0.15) is 9.97 Å². The van der Waals surface area contributed by atoms with Crippen molar-refractivity contribution in [1.82, 2.24) is 49.4 Å². The molecule has 412 valence electrons. The molecule has 10 atom stereocenters. The molecule has 4 aliphatic rings. The minimum atomic E-state index is -5.28. The Kier molecular flexibility index (Phi) is 18.1. The van der Waals surface area contributed by atoms with Gasteiger partial charge in [0.05, 0.1) is 98.4 Å². The van der Waals surface area contributed by atoms with E-state index in [0.717, 1.165) is 17.2 Å². The monoisotopic (exact) mass is 1110 g/mol. The van der Waals surface area contributed by atoms with Crippen LogP contribution < -0.4 is 27.9 Å². The number of fused-ring (bicyclic) bond motifs is 4. The van der Waals surface area contributed by atoms with Crippen molar-refractivity contribution < 1.29 is 99.3 Å². The van der Waals surface area contributed by atoms with Gasteiger partial charge in [-0.1, -0.05) is 0 Å². The number of nitrogens with zero attached hydrogens (tertiary/aromatic N) is 7. The van der Waals surface area contributed by atoms with Gasteiger partial charge in [-0.3, -0.25) is 61.2 Å². The Balaban J connectivity index is 0.812. The summed E-state index contributed by atoms with van der Waals surface area (Å²) in [5.41, 5.74) is 9.33. The molecule has 0 saturated carbocycles. The minimum absolute atomic E-state index is 0.00134. The number of anilines is 2. The summed E-state index contributed by atoms with van der Waals surface area (Å²) in [5, 5.41) is 14.5. The van der Waals surface area contributed by atoms with Crippen molar-refractivity contribution in [3.63, 3.8) is 0 Å². The third-order valence-corrected chi connectivity index (χ3v) is 13.3. The van der Waals surface area contributed by atoms with Crippen molar-refractivity contribution in [2.75, 3.05) is 90.7 Å². The number of nitrogens with one attached hydrogen (secondary N) is 3. The standard InChI is InChI=1S/C38H52N12O23P2/c39-37-44-31-26(33(56)46-37)41-17-48(31)35-25(43-21(51)3-5-62-7-9-64-11-13-66-14-12-65-10-8-63-6-4-24(54)71-50-22(52)1-2-23(50)53)29-19(69-35)15-67-75(60,61)73-30-20(16-68-74(58,59)72-29)70-36(28(30)55)49-18-42-27-32(49)45-38(40)47-34(27)57/h17-20,25,28-30,35-36,55H,1-16H2,(H,43,51)(H,58,59)(H,60,61)(H3,39,44,46,56)(H3,40,45,47,57)/t19-,20-,25?,28?,29?,30?,35-,36-/m1/s1. The Labute approximate surface area is 420 Å². The SMILES string of the molecule is Nc1nc2c(ncn2[C@@H]2O[C@@H]3COP(=O)(O)OC4C(NC(=O)CCOCCOCCOCCOCCOCCC(=O)ON5C(=O)CCC5=O)[C@H](n5cnc6c(=O)[nH]c(N)nc65)O[C@@H]4COP(=O)(O)OC3C2O)c(=O)[nH]1. The largest absolute Gasteiger partial charge is 0.472 e. The number of aromatic nitrogens is 8. The second kappa shape index (κ2) is 24.5. The fourth-order valence-corrected chi connectivity index (χ4v) is 9.87. The number of aliphatic hydroxyl groups excluding tert-OH is 1. The number of carbonyl (C=O) groups is 4. The van der Waals surface area contributed by atoms with Crippen LogP contribution in [0.1, 0.15) is 38.1 Å². The van der Waals surface area contributed by atoms with Crippen molar-refractivity contribution in [3.8, 4) is 0 Å². The maximum Gasteiger partial charge on any atom is 0.472 e. The lowest BCUT2D eigenvalue weighted by Gasteiger charge is -2.29. The number of rotatable bonds is 22. The number of carbonyl (C=O) groups excluding carboxylic acids is 4. The molecule has 0 aromatic carbocycles. The highest BCUT2D eigenvalue weighted by Gasteiger charge is 2.55. The number of nitrogens with two attached hydrogens (primary N) is 2. The second-order valence-electron chi connectivity index (χ2n) is 16.5. The van der Waals surface area contributed by atoms with Gasteiger partial charge in [0.1, 0.15) is 36.6 Å². The predicted molar refractivity (Wildman–Crippen MR) is 243 cm³/mol. The molecule has 4 fully saturated rings. The molecule has 0 radical (unpaired) electrons. The highest BCUT2D eigenvalue weighted by atomic mass is 31.2. The van der Waals surface area contributed by atoms with Crippen LogP contribution in [0.15, 0.2) is 22.2 Å². The number of phosphoric acid groups is 2. The molecule has 6 unspecified atom stereocenters. The van der Waals surface area contributed by atoms with Gasteiger partial charge >= 0.3 is 21.6 Å². The van der Waals surface area contributed by atoms with Crippen LogP contribution in [0.25, 0.3) is 22.3 Å². The van der Waals surface area contributed by atoms with Crippen molar-refractivity contribution in [3.05, 3.63) is 33.4 Å². The molecule has 4 aromatic rings.